The van der Waals surface area contributed by atoms with Crippen LogP contribution in [-0.2, 0) is 14.3 Å². The fourth-order valence-electron chi connectivity index (χ4n) is 3.21. The van der Waals surface area contributed by atoms with Gasteiger partial charge < -0.3 is 15.4 Å². The Morgan fingerprint density at radius 2 is 1.96 bits per heavy atom. The van der Waals surface area contributed by atoms with Crippen molar-refractivity contribution in [1.82, 2.24) is 10.2 Å². The van der Waals surface area contributed by atoms with Gasteiger partial charge in [0, 0.05) is 25.3 Å². The Morgan fingerprint density at radius 1 is 1.19 bits per heavy atom. The van der Waals surface area contributed by atoms with E-state index in [1.165, 1.54) is 0 Å². The summed E-state index contributed by atoms with van der Waals surface area (Å²) in [5, 5.41) is 9.59. The highest BCUT2D eigenvalue weighted by atomic mass is 32.1. The van der Waals surface area contributed by atoms with E-state index in [4.69, 9.17) is 4.74 Å². The molecule has 2 heterocycles. The third kappa shape index (κ3) is 5.15. The first-order chi connectivity index (χ1) is 13.0. The highest BCUT2D eigenvalue weighted by molar-refractivity contribution is 7.08. The molecule has 0 radical (unpaired) electrons. The van der Waals surface area contributed by atoms with Gasteiger partial charge in [-0.3, -0.25) is 14.5 Å². The van der Waals surface area contributed by atoms with Crippen molar-refractivity contribution in [2.45, 2.75) is 19.9 Å². The van der Waals surface area contributed by atoms with Crippen molar-refractivity contribution < 1.29 is 14.3 Å². The van der Waals surface area contributed by atoms with Crippen molar-refractivity contribution >= 4 is 28.8 Å². The van der Waals surface area contributed by atoms with Gasteiger partial charge in [0.05, 0.1) is 19.3 Å². The maximum Gasteiger partial charge on any atom is 0.313 e. The number of hydrogen-bond donors (Lipinski definition) is 2. The molecule has 1 saturated heterocycles. The summed E-state index contributed by atoms with van der Waals surface area (Å²) in [7, 11) is 0. The van der Waals surface area contributed by atoms with Gasteiger partial charge in [-0.15, -0.1) is 0 Å². The zero-order chi connectivity index (χ0) is 19.2. The van der Waals surface area contributed by atoms with E-state index in [1.54, 1.807) is 11.3 Å². The molecule has 27 heavy (non-hydrogen) atoms. The Hall–Kier alpha value is -2.22. The third-order valence-electron chi connectivity index (χ3n) is 4.71. The molecule has 2 N–H and O–H groups in total. The number of ether oxygens (including phenoxy) is 1. The molecule has 0 saturated carbocycles. The van der Waals surface area contributed by atoms with Gasteiger partial charge in [-0.2, -0.15) is 11.3 Å². The Labute approximate surface area is 163 Å². The molecule has 1 aromatic heterocycles. The first kappa shape index (κ1) is 19.5. The molecule has 1 aliphatic rings. The lowest BCUT2D eigenvalue weighted by Crippen LogP contribution is -2.45. The monoisotopic (exact) mass is 387 g/mol. The molecule has 2 amide bonds. The average molecular weight is 388 g/mol. The molecular formula is C20H25N3O3S. The molecule has 1 aliphatic heterocycles. The molecule has 1 aromatic carbocycles. The fourth-order valence-corrected chi connectivity index (χ4v) is 3.92. The molecule has 0 aliphatic carbocycles. The second kappa shape index (κ2) is 9.12. The van der Waals surface area contributed by atoms with Crippen LogP contribution in [0.15, 0.2) is 35.0 Å². The predicted molar refractivity (Wildman–Crippen MR) is 107 cm³/mol. The van der Waals surface area contributed by atoms with E-state index in [0.717, 1.165) is 29.8 Å². The van der Waals surface area contributed by atoms with E-state index in [-0.39, 0.29) is 6.04 Å². The number of thiophene rings is 1. The lowest BCUT2D eigenvalue weighted by atomic mass is 10.1. The normalized spacial score (nSPS) is 15.9. The van der Waals surface area contributed by atoms with Crippen molar-refractivity contribution in [2.24, 2.45) is 0 Å². The van der Waals surface area contributed by atoms with Crippen LogP contribution in [0.2, 0.25) is 0 Å². The summed E-state index contributed by atoms with van der Waals surface area (Å²) in [6.45, 7) is 7.27. The zero-order valence-corrected chi connectivity index (χ0v) is 16.5. The number of anilines is 1. The molecule has 1 atom stereocenters. The van der Waals surface area contributed by atoms with Crippen molar-refractivity contribution in [3.8, 4) is 0 Å². The fraction of sp³-hybridized carbons (Fsp3) is 0.400. The van der Waals surface area contributed by atoms with Crippen LogP contribution in [0, 0.1) is 13.8 Å². The average Bonchev–Trinajstić information content (AvgIpc) is 3.19. The van der Waals surface area contributed by atoms with Crippen LogP contribution in [0.25, 0.3) is 0 Å². The van der Waals surface area contributed by atoms with Crippen molar-refractivity contribution in [3.63, 3.8) is 0 Å². The maximum absolute atomic E-state index is 12.3. The minimum absolute atomic E-state index is 0.0398. The summed E-state index contributed by atoms with van der Waals surface area (Å²) in [6, 6.07) is 7.80. The summed E-state index contributed by atoms with van der Waals surface area (Å²) in [6.07, 6.45) is 0. The molecule has 0 spiro atoms. The van der Waals surface area contributed by atoms with Crippen molar-refractivity contribution in [1.29, 1.82) is 0 Å². The number of aryl methyl sites for hydroxylation is 2. The summed E-state index contributed by atoms with van der Waals surface area (Å²) in [4.78, 5) is 26.9. The molecule has 1 fully saturated rings. The Morgan fingerprint density at radius 3 is 2.63 bits per heavy atom. The van der Waals surface area contributed by atoms with E-state index in [0.29, 0.717) is 25.4 Å². The number of benzene rings is 1. The first-order valence-electron chi connectivity index (χ1n) is 9.05. The molecule has 2 aromatic rings. The number of hydrogen-bond acceptors (Lipinski definition) is 5. The number of nitrogens with one attached hydrogen (secondary N) is 2. The Balaban J connectivity index is 1.60. The van der Waals surface area contributed by atoms with Crippen LogP contribution in [0.5, 0.6) is 0 Å². The van der Waals surface area contributed by atoms with E-state index in [1.807, 2.05) is 37.4 Å². The Bertz CT molecular complexity index is 786. The number of carbonyl (C=O) groups excluding carboxylic acids is 2. The minimum Gasteiger partial charge on any atom is -0.379 e. The number of nitrogens with zero attached hydrogens (tertiary/aromatic N) is 1. The van der Waals surface area contributed by atoms with Crippen LogP contribution in [-0.4, -0.2) is 49.6 Å². The van der Waals surface area contributed by atoms with E-state index in [9.17, 15) is 9.59 Å². The van der Waals surface area contributed by atoms with Gasteiger partial charge >= 0.3 is 11.8 Å². The van der Waals surface area contributed by atoms with Gasteiger partial charge in [-0.05, 0) is 47.9 Å². The first-order valence-corrected chi connectivity index (χ1v) is 9.99. The number of morpholine rings is 1. The summed E-state index contributed by atoms with van der Waals surface area (Å²) >= 11 is 1.63. The molecule has 6 nitrogen and oxygen atoms in total. The second-order valence-electron chi connectivity index (χ2n) is 6.70. The minimum atomic E-state index is -0.645. The van der Waals surface area contributed by atoms with E-state index in [2.05, 4.69) is 27.0 Å². The third-order valence-corrected chi connectivity index (χ3v) is 5.41. The van der Waals surface area contributed by atoms with E-state index < -0.39 is 11.8 Å². The van der Waals surface area contributed by atoms with Crippen LogP contribution >= 0.6 is 11.3 Å². The van der Waals surface area contributed by atoms with Crippen LogP contribution in [0.1, 0.15) is 22.7 Å². The highest BCUT2D eigenvalue weighted by Gasteiger charge is 2.24. The van der Waals surface area contributed by atoms with Gasteiger partial charge in [0.25, 0.3) is 0 Å². The number of rotatable bonds is 5. The smallest absolute Gasteiger partial charge is 0.313 e. The number of amides is 2. The van der Waals surface area contributed by atoms with Gasteiger partial charge in [-0.25, -0.2) is 0 Å². The Kier molecular flexibility index (Phi) is 6.60. The second-order valence-corrected chi connectivity index (χ2v) is 7.48. The quantitative estimate of drug-likeness (QED) is 0.774. The lowest BCUT2D eigenvalue weighted by molar-refractivity contribution is -0.136. The van der Waals surface area contributed by atoms with Crippen LogP contribution in [0.4, 0.5) is 5.69 Å². The molecular weight excluding hydrogens is 362 g/mol. The summed E-state index contributed by atoms with van der Waals surface area (Å²) in [5.41, 5.74) is 3.85. The SMILES string of the molecule is Cc1ccc(NC(=O)C(=O)NCC(c2ccsc2)N2CCOCC2)c(C)c1. The zero-order valence-electron chi connectivity index (χ0n) is 15.7. The predicted octanol–water partition coefficient (Wildman–Crippen LogP) is 2.49. The molecule has 7 heteroatoms. The van der Waals surface area contributed by atoms with Gasteiger partial charge in [0.15, 0.2) is 0 Å². The lowest BCUT2D eigenvalue weighted by Gasteiger charge is -2.34. The van der Waals surface area contributed by atoms with Crippen LogP contribution in [0.3, 0.4) is 0 Å². The maximum atomic E-state index is 12.3. The molecule has 1 unspecified atom stereocenters. The van der Waals surface area contributed by atoms with Gasteiger partial charge in [0.1, 0.15) is 0 Å². The summed E-state index contributed by atoms with van der Waals surface area (Å²) < 4.78 is 5.43. The molecule has 0 bridgehead atoms. The number of carbonyl (C=O) groups is 2. The van der Waals surface area contributed by atoms with Crippen molar-refractivity contribution in [2.75, 3.05) is 38.2 Å². The largest absolute Gasteiger partial charge is 0.379 e. The van der Waals surface area contributed by atoms with Gasteiger partial charge in [0.2, 0.25) is 0 Å². The molecule has 144 valence electrons. The van der Waals surface area contributed by atoms with Gasteiger partial charge in [-0.1, -0.05) is 17.7 Å². The molecule has 3 rings (SSSR count). The van der Waals surface area contributed by atoms with E-state index >= 15 is 0 Å². The highest BCUT2D eigenvalue weighted by Crippen LogP contribution is 2.23. The van der Waals surface area contributed by atoms with Crippen molar-refractivity contribution in [3.05, 3.63) is 51.7 Å². The van der Waals surface area contributed by atoms with Crippen LogP contribution < -0.4 is 10.6 Å². The standard InChI is InChI=1S/C20H25N3O3S/c1-14-3-4-17(15(2)11-14)22-20(25)19(24)21-12-18(16-5-10-27-13-16)23-6-8-26-9-7-23/h3-5,10-11,13,18H,6-9,12H2,1-2H3,(H,21,24)(H,22,25). The summed E-state index contributed by atoms with van der Waals surface area (Å²) in [5.74, 6) is -1.27. The topological polar surface area (TPSA) is 70.7 Å².